The lowest BCUT2D eigenvalue weighted by atomic mass is 9.82. The van der Waals surface area contributed by atoms with Crippen LogP contribution < -0.4 is 5.73 Å². The van der Waals surface area contributed by atoms with E-state index in [1.165, 1.54) is 12.8 Å². The number of hydrogen-bond donors (Lipinski definition) is 2. The largest absolute Gasteiger partial charge is 0.396 e. The molecule has 0 aromatic carbocycles. The molecule has 0 radical (unpaired) electrons. The minimum Gasteiger partial charge on any atom is -0.396 e. The highest BCUT2D eigenvalue weighted by atomic mass is 16.3. The number of aliphatic hydroxyl groups is 1. The van der Waals surface area contributed by atoms with E-state index >= 15 is 0 Å². The second-order valence-electron chi connectivity index (χ2n) is 5.92. The van der Waals surface area contributed by atoms with Crippen LogP contribution in [0, 0.1) is 11.8 Å². The van der Waals surface area contributed by atoms with Crippen LogP contribution in [0.15, 0.2) is 0 Å². The minimum absolute atomic E-state index is 0.220. The molecule has 1 saturated carbocycles. The van der Waals surface area contributed by atoms with Crippen molar-refractivity contribution in [1.82, 2.24) is 4.90 Å². The SMILES string of the molecule is NC1CCCCC1CC(=O)N1CCC(CO)CC1. The van der Waals surface area contributed by atoms with E-state index < -0.39 is 0 Å². The Morgan fingerprint density at radius 2 is 1.83 bits per heavy atom. The average Bonchev–Trinajstić information content (AvgIpc) is 2.41. The number of amides is 1. The van der Waals surface area contributed by atoms with Crippen molar-refractivity contribution < 1.29 is 9.90 Å². The molecule has 3 N–H and O–H groups in total. The number of rotatable bonds is 3. The second-order valence-corrected chi connectivity index (χ2v) is 5.92. The van der Waals surface area contributed by atoms with Gasteiger partial charge in [-0.15, -0.1) is 0 Å². The summed E-state index contributed by atoms with van der Waals surface area (Å²) < 4.78 is 0. The quantitative estimate of drug-likeness (QED) is 0.793. The maximum Gasteiger partial charge on any atom is 0.222 e. The summed E-state index contributed by atoms with van der Waals surface area (Å²) in [6, 6.07) is 0.220. The zero-order valence-electron chi connectivity index (χ0n) is 11.2. The maximum atomic E-state index is 12.2. The molecule has 0 spiro atoms. The molecular formula is C14H26N2O2. The molecule has 2 rings (SSSR count). The van der Waals surface area contributed by atoms with Gasteiger partial charge in [-0.3, -0.25) is 4.79 Å². The topological polar surface area (TPSA) is 66.6 Å². The summed E-state index contributed by atoms with van der Waals surface area (Å²) in [5, 5.41) is 9.09. The Kier molecular flexibility index (Phi) is 5.01. The van der Waals surface area contributed by atoms with E-state index in [0.717, 1.165) is 38.8 Å². The third-order valence-electron chi connectivity index (χ3n) is 4.63. The van der Waals surface area contributed by atoms with Gasteiger partial charge in [0.1, 0.15) is 0 Å². The van der Waals surface area contributed by atoms with Crippen molar-refractivity contribution in [3.05, 3.63) is 0 Å². The molecule has 2 unspecified atom stereocenters. The van der Waals surface area contributed by atoms with Crippen LogP contribution in [0.1, 0.15) is 44.9 Å². The molecule has 1 heterocycles. The van der Waals surface area contributed by atoms with Gasteiger partial charge in [-0.2, -0.15) is 0 Å². The fourth-order valence-electron chi connectivity index (χ4n) is 3.21. The summed E-state index contributed by atoms with van der Waals surface area (Å²) in [6.45, 7) is 1.88. The van der Waals surface area contributed by atoms with Crippen LogP contribution in [0.2, 0.25) is 0 Å². The van der Waals surface area contributed by atoms with Crippen LogP contribution in [-0.2, 0) is 4.79 Å². The van der Waals surface area contributed by atoms with E-state index in [0.29, 0.717) is 18.3 Å². The fraction of sp³-hybridized carbons (Fsp3) is 0.929. The molecule has 2 atom stereocenters. The molecule has 1 amide bonds. The number of carbonyl (C=O) groups is 1. The predicted octanol–water partition coefficient (Wildman–Crippen LogP) is 1.12. The zero-order valence-corrected chi connectivity index (χ0v) is 11.2. The number of nitrogens with zero attached hydrogens (tertiary/aromatic N) is 1. The first-order chi connectivity index (χ1) is 8.70. The number of piperidine rings is 1. The van der Waals surface area contributed by atoms with Crippen molar-refractivity contribution in [3.63, 3.8) is 0 Å². The predicted molar refractivity (Wildman–Crippen MR) is 70.9 cm³/mol. The van der Waals surface area contributed by atoms with Crippen molar-refractivity contribution in [1.29, 1.82) is 0 Å². The summed E-state index contributed by atoms with van der Waals surface area (Å²) >= 11 is 0. The molecule has 1 saturated heterocycles. The molecule has 0 aromatic heterocycles. The number of carbonyl (C=O) groups excluding carboxylic acids is 1. The van der Waals surface area contributed by atoms with Crippen LogP contribution in [0.4, 0.5) is 0 Å². The lowest BCUT2D eigenvalue weighted by molar-refractivity contribution is -0.134. The number of hydrogen-bond acceptors (Lipinski definition) is 3. The Balaban J connectivity index is 1.77. The molecule has 0 bridgehead atoms. The molecule has 4 nitrogen and oxygen atoms in total. The van der Waals surface area contributed by atoms with Gasteiger partial charge in [0.25, 0.3) is 0 Å². The number of aliphatic hydroxyl groups excluding tert-OH is 1. The van der Waals surface area contributed by atoms with Gasteiger partial charge in [-0.25, -0.2) is 0 Å². The monoisotopic (exact) mass is 254 g/mol. The minimum atomic E-state index is 0.220. The first kappa shape index (κ1) is 13.8. The first-order valence-corrected chi connectivity index (χ1v) is 7.35. The van der Waals surface area contributed by atoms with Crippen molar-refractivity contribution in [2.45, 2.75) is 51.0 Å². The summed E-state index contributed by atoms with van der Waals surface area (Å²) in [5.74, 6) is 1.06. The molecule has 0 aromatic rings. The Hall–Kier alpha value is -0.610. The van der Waals surface area contributed by atoms with Gasteiger partial charge in [0.2, 0.25) is 5.91 Å². The van der Waals surface area contributed by atoms with Gasteiger partial charge in [0, 0.05) is 32.2 Å². The Morgan fingerprint density at radius 3 is 2.44 bits per heavy atom. The highest BCUT2D eigenvalue weighted by molar-refractivity contribution is 5.76. The number of likely N-dealkylation sites (tertiary alicyclic amines) is 1. The molecule has 2 aliphatic rings. The smallest absolute Gasteiger partial charge is 0.222 e. The lowest BCUT2D eigenvalue weighted by Crippen LogP contribution is -2.42. The van der Waals surface area contributed by atoms with Crippen LogP contribution >= 0.6 is 0 Å². The van der Waals surface area contributed by atoms with Gasteiger partial charge in [-0.05, 0) is 37.5 Å². The summed E-state index contributed by atoms with van der Waals surface area (Å²) in [5.41, 5.74) is 6.10. The highest BCUT2D eigenvalue weighted by Gasteiger charge is 2.28. The molecule has 1 aliphatic carbocycles. The van der Waals surface area contributed by atoms with E-state index in [1.807, 2.05) is 4.90 Å². The molecular weight excluding hydrogens is 228 g/mol. The van der Waals surface area contributed by atoms with Gasteiger partial charge < -0.3 is 15.7 Å². The normalized spacial score (nSPS) is 30.4. The zero-order chi connectivity index (χ0) is 13.0. The average molecular weight is 254 g/mol. The standard InChI is InChI=1S/C14H26N2O2/c15-13-4-2-1-3-12(13)9-14(18)16-7-5-11(10-17)6-8-16/h11-13,17H,1-10,15H2. The molecule has 1 aliphatic heterocycles. The van der Waals surface area contributed by atoms with E-state index in [4.69, 9.17) is 10.8 Å². The van der Waals surface area contributed by atoms with Crippen molar-refractivity contribution in [3.8, 4) is 0 Å². The summed E-state index contributed by atoms with van der Waals surface area (Å²) in [4.78, 5) is 14.2. The van der Waals surface area contributed by atoms with Crippen molar-refractivity contribution in [2.24, 2.45) is 17.6 Å². The van der Waals surface area contributed by atoms with Crippen molar-refractivity contribution >= 4 is 5.91 Å². The van der Waals surface area contributed by atoms with Gasteiger partial charge in [0.15, 0.2) is 0 Å². The Labute approximate surface area is 110 Å². The number of nitrogens with two attached hydrogens (primary N) is 1. The molecule has 4 heteroatoms. The van der Waals surface area contributed by atoms with Crippen LogP contribution in [0.25, 0.3) is 0 Å². The summed E-state index contributed by atoms with van der Waals surface area (Å²) in [7, 11) is 0. The van der Waals surface area contributed by atoms with Gasteiger partial charge >= 0.3 is 0 Å². The van der Waals surface area contributed by atoms with Crippen molar-refractivity contribution in [2.75, 3.05) is 19.7 Å². The van der Waals surface area contributed by atoms with E-state index in [9.17, 15) is 4.79 Å². The van der Waals surface area contributed by atoms with E-state index in [2.05, 4.69) is 0 Å². The van der Waals surface area contributed by atoms with E-state index in [-0.39, 0.29) is 18.6 Å². The molecule has 2 fully saturated rings. The van der Waals surface area contributed by atoms with Crippen LogP contribution in [0.5, 0.6) is 0 Å². The van der Waals surface area contributed by atoms with Gasteiger partial charge in [0.05, 0.1) is 0 Å². The fourth-order valence-corrected chi connectivity index (χ4v) is 3.21. The third kappa shape index (κ3) is 3.45. The maximum absolute atomic E-state index is 12.2. The van der Waals surface area contributed by atoms with Gasteiger partial charge in [-0.1, -0.05) is 12.8 Å². The van der Waals surface area contributed by atoms with Crippen LogP contribution in [0.3, 0.4) is 0 Å². The van der Waals surface area contributed by atoms with Crippen LogP contribution in [-0.4, -0.2) is 41.7 Å². The molecule has 104 valence electrons. The highest BCUT2D eigenvalue weighted by Crippen LogP contribution is 2.27. The lowest BCUT2D eigenvalue weighted by Gasteiger charge is -2.34. The third-order valence-corrected chi connectivity index (χ3v) is 4.63. The van der Waals surface area contributed by atoms with E-state index in [1.54, 1.807) is 0 Å². The molecule has 18 heavy (non-hydrogen) atoms. The Morgan fingerprint density at radius 1 is 1.17 bits per heavy atom. The summed E-state index contributed by atoms with van der Waals surface area (Å²) in [6.07, 6.45) is 7.14. The Bertz CT molecular complexity index is 275. The first-order valence-electron chi connectivity index (χ1n) is 7.35. The second kappa shape index (κ2) is 6.53.